The molecule has 1 aromatic rings. The maximum atomic E-state index is 12.4. The summed E-state index contributed by atoms with van der Waals surface area (Å²) >= 11 is 0. The number of alkyl halides is 3. The monoisotopic (exact) mass is 260 g/mol. The van der Waals surface area contributed by atoms with Crippen LogP contribution in [0.15, 0.2) is 24.3 Å². The predicted molar refractivity (Wildman–Crippen MR) is 57.0 cm³/mol. The maximum Gasteiger partial charge on any atom is 0.416 e. The van der Waals surface area contributed by atoms with Gasteiger partial charge >= 0.3 is 12.2 Å². The number of likely N-dealkylation sites (tertiary alicyclic amines) is 1. The number of halogens is 3. The van der Waals surface area contributed by atoms with E-state index in [1.807, 2.05) is 0 Å². The summed E-state index contributed by atoms with van der Waals surface area (Å²) in [6, 6.07) is 4.08. The fourth-order valence-corrected chi connectivity index (χ4v) is 1.63. The van der Waals surface area contributed by atoms with Crippen molar-refractivity contribution in [1.82, 2.24) is 4.90 Å². The molecule has 0 aliphatic carbocycles. The Morgan fingerprint density at radius 1 is 1.39 bits per heavy atom. The Kier molecular flexibility index (Phi) is 3.06. The number of primary amides is 1. The van der Waals surface area contributed by atoms with Gasteiger partial charge in [-0.05, 0) is 18.2 Å². The van der Waals surface area contributed by atoms with E-state index in [1.165, 1.54) is 17.0 Å². The van der Waals surface area contributed by atoms with E-state index in [9.17, 15) is 18.0 Å². The molecule has 1 heterocycles. The lowest BCUT2D eigenvalue weighted by Gasteiger charge is -2.37. The number of ether oxygens (including phenoxy) is 1. The number of urea groups is 1. The molecule has 2 rings (SSSR count). The van der Waals surface area contributed by atoms with Crippen molar-refractivity contribution in [2.24, 2.45) is 5.73 Å². The number of hydrogen-bond donors (Lipinski definition) is 1. The standard InChI is InChI=1S/C11H11F3N2O2/c12-11(13,14)7-2-1-3-8(4-7)18-9-5-16(6-9)10(15)17/h1-4,9H,5-6H2,(H2,15,17). The summed E-state index contributed by atoms with van der Waals surface area (Å²) in [5.74, 6) is 0.138. The van der Waals surface area contributed by atoms with Crippen molar-refractivity contribution < 1.29 is 22.7 Å². The van der Waals surface area contributed by atoms with Crippen LogP contribution in [0.1, 0.15) is 5.56 Å². The number of benzene rings is 1. The molecule has 4 nitrogen and oxygen atoms in total. The van der Waals surface area contributed by atoms with Crippen molar-refractivity contribution in [3.8, 4) is 5.75 Å². The lowest BCUT2D eigenvalue weighted by atomic mass is 10.1. The quantitative estimate of drug-likeness (QED) is 0.882. The maximum absolute atomic E-state index is 12.4. The summed E-state index contributed by atoms with van der Waals surface area (Å²) in [5, 5.41) is 0. The molecular weight excluding hydrogens is 249 g/mol. The molecule has 1 fully saturated rings. The third-order valence-corrected chi connectivity index (χ3v) is 2.62. The molecule has 0 spiro atoms. The van der Waals surface area contributed by atoms with Crippen molar-refractivity contribution in [2.75, 3.05) is 13.1 Å². The van der Waals surface area contributed by atoms with Crippen LogP contribution in [0.2, 0.25) is 0 Å². The second kappa shape index (κ2) is 4.40. The van der Waals surface area contributed by atoms with E-state index < -0.39 is 17.8 Å². The predicted octanol–water partition coefficient (Wildman–Crippen LogP) is 1.85. The average Bonchev–Trinajstić information content (AvgIpc) is 2.21. The van der Waals surface area contributed by atoms with Gasteiger partial charge in [0, 0.05) is 0 Å². The van der Waals surface area contributed by atoms with E-state index in [1.54, 1.807) is 0 Å². The number of amides is 2. The number of carbonyl (C=O) groups is 1. The Balaban J connectivity index is 1.97. The van der Waals surface area contributed by atoms with Gasteiger partial charge in [-0.15, -0.1) is 0 Å². The van der Waals surface area contributed by atoms with Crippen LogP contribution >= 0.6 is 0 Å². The molecule has 0 bridgehead atoms. The van der Waals surface area contributed by atoms with Gasteiger partial charge in [0.05, 0.1) is 18.7 Å². The minimum absolute atomic E-state index is 0.138. The summed E-state index contributed by atoms with van der Waals surface area (Å²) in [6.45, 7) is 0.594. The third-order valence-electron chi connectivity index (χ3n) is 2.62. The summed E-state index contributed by atoms with van der Waals surface area (Å²) in [5.41, 5.74) is 4.26. The first-order valence-corrected chi connectivity index (χ1v) is 5.24. The highest BCUT2D eigenvalue weighted by Crippen LogP contribution is 2.31. The molecule has 18 heavy (non-hydrogen) atoms. The minimum atomic E-state index is -4.39. The van der Waals surface area contributed by atoms with Crippen LogP contribution in [0, 0.1) is 0 Å². The van der Waals surface area contributed by atoms with Crippen molar-refractivity contribution in [3.63, 3.8) is 0 Å². The first-order valence-electron chi connectivity index (χ1n) is 5.24. The van der Waals surface area contributed by atoms with Crippen molar-refractivity contribution in [2.45, 2.75) is 12.3 Å². The van der Waals surface area contributed by atoms with E-state index in [4.69, 9.17) is 10.5 Å². The number of rotatable bonds is 2. The summed E-state index contributed by atoms with van der Waals surface area (Å²) in [7, 11) is 0. The zero-order valence-electron chi connectivity index (χ0n) is 9.28. The Morgan fingerprint density at radius 3 is 2.61 bits per heavy atom. The molecule has 98 valence electrons. The summed E-state index contributed by atoms with van der Waals surface area (Å²) in [4.78, 5) is 12.1. The molecule has 1 aliphatic rings. The van der Waals surface area contributed by atoms with Gasteiger partial charge in [-0.25, -0.2) is 4.79 Å². The first-order chi connectivity index (χ1) is 8.36. The third kappa shape index (κ3) is 2.66. The molecule has 1 saturated heterocycles. The van der Waals surface area contributed by atoms with E-state index in [-0.39, 0.29) is 11.9 Å². The topological polar surface area (TPSA) is 55.6 Å². The number of carbonyl (C=O) groups excluding carboxylic acids is 1. The molecule has 0 atom stereocenters. The summed E-state index contributed by atoms with van der Waals surface area (Å²) in [6.07, 6.45) is -4.70. The van der Waals surface area contributed by atoms with Crippen LogP contribution in [0.25, 0.3) is 0 Å². The molecule has 0 aromatic heterocycles. The number of hydrogen-bond acceptors (Lipinski definition) is 2. The molecule has 0 radical (unpaired) electrons. The summed E-state index contributed by atoms with van der Waals surface area (Å²) < 4.78 is 42.6. The van der Waals surface area contributed by atoms with Gasteiger partial charge in [0.1, 0.15) is 11.9 Å². The smallest absolute Gasteiger partial charge is 0.416 e. The average molecular weight is 260 g/mol. The van der Waals surface area contributed by atoms with Crippen molar-refractivity contribution >= 4 is 6.03 Å². The number of nitrogens with two attached hydrogens (primary N) is 1. The van der Waals surface area contributed by atoms with Gasteiger partial charge in [0.25, 0.3) is 0 Å². The van der Waals surface area contributed by atoms with Crippen LogP contribution < -0.4 is 10.5 Å². The van der Waals surface area contributed by atoms with Gasteiger partial charge in [0.15, 0.2) is 0 Å². The SMILES string of the molecule is NC(=O)N1CC(Oc2cccc(C(F)(F)F)c2)C1. The lowest BCUT2D eigenvalue weighted by Crippen LogP contribution is -2.57. The highest BCUT2D eigenvalue weighted by Gasteiger charge is 2.33. The van der Waals surface area contributed by atoms with Gasteiger partial charge in [-0.1, -0.05) is 6.07 Å². The normalized spacial score (nSPS) is 16.3. The fraction of sp³-hybridized carbons (Fsp3) is 0.364. The highest BCUT2D eigenvalue weighted by molar-refractivity contribution is 5.73. The second-order valence-corrected chi connectivity index (χ2v) is 4.01. The van der Waals surface area contributed by atoms with E-state index in [0.717, 1.165) is 12.1 Å². The zero-order valence-corrected chi connectivity index (χ0v) is 9.28. The Bertz CT molecular complexity index is 456. The molecular formula is C11H11F3N2O2. The highest BCUT2D eigenvalue weighted by atomic mass is 19.4. The molecule has 2 amide bonds. The van der Waals surface area contributed by atoms with Crippen LogP contribution in [0.4, 0.5) is 18.0 Å². The van der Waals surface area contributed by atoms with Gasteiger partial charge < -0.3 is 15.4 Å². The zero-order chi connectivity index (χ0) is 13.3. The Morgan fingerprint density at radius 2 is 2.06 bits per heavy atom. The number of nitrogens with zero attached hydrogens (tertiary/aromatic N) is 1. The van der Waals surface area contributed by atoms with Gasteiger partial charge in [-0.3, -0.25) is 0 Å². The van der Waals surface area contributed by atoms with E-state index >= 15 is 0 Å². The minimum Gasteiger partial charge on any atom is -0.487 e. The van der Waals surface area contributed by atoms with Crippen molar-refractivity contribution in [3.05, 3.63) is 29.8 Å². The molecule has 7 heteroatoms. The second-order valence-electron chi connectivity index (χ2n) is 4.01. The molecule has 0 unspecified atom stereocenters. The van der Waals surface area contributed by atoms with Crippen LogP contribution in [0.3, 0.4) is 0 Å². The molecule has 0 saturated carbocycles. The van der Waals surface area contributed by atoms with Crippen LogP contribution in [0.5, 0.6) is 5.75 Å². The van der Waals surface area contributed by atoms with E-state index in [2.05, 4.69) is 0 Å². The largest absolute Gasteiger partial charge is 0.487 e. The molecule has 1 aliphatic heterocycles. The van der Waals surface area contributed by atoms with Crippen LogP contribution in [-0.4, -0.2) is 30.1 Å². The molecule has 1 aromatic carbocycles. The van der Waals surface area contributed by atoms with Crippen molar-refractivity contribution in [1.29, 1.82) is 0 Å². The van der Waals surface area contributed by atoms with E-state index in [0.29, 0.717) is 13.1 Å². The first kappa shape index (κ1) is 12.5. The van der Waals surface area contributed by atoms with Gasteiger partial charge in [-0.2, -0.15) is 13.2 Å². The Labute approximate surface area is 101 Å². The van der Waals surface area contributed by atoms with Gasteiger partial charge in [0.2, 0.25) is 0 Å². The lowest BCUT2D eigenvalue weighted by molar-refractivity contribution is -0.137. The van der Waals surface area contributed by atoms with Crippen LogP contribution in [-0.2, 0) is 6.18 Å². The molecule has 2 N–H and O–H groups in total. The Hall–Kier alpha value is -1.92. The fourth-order valence-electron chi connectivity index (χ4n) is 1.63.